The molecule has 1 aliphatic rings. The molecular formula is C21H26ClN5S. The highest BCUT2D eigenvalue weighted by atomic mass is 35.5. The number of para-hydroxylation sites is 1. The van der Waals surface area contributed by atoms with E-state index in [2.05, 4.69) is 22.8 Å². The van der Waals surface area contributed by atoms with Crippen LogP contribution >= 0.6 is 22.9 Å². The molecule has 0 atom stereocenters. The van der Waals surface area contributed by atoms with Crippen LogP contribution in [0.25, 0.3) is 10.9 Å². The molecule has 0 radical (unpaired) electrons. The molecule has 4 rings (SSSR count). The minimum Gasteiger partial charge on any atom is -0.362 e. The maximum absolute atomic E-state index is 6.01. The van der Waals surface area contributed by atoms with Gasteiger partial charge in [0, 0.05) is 43.0 Å². The fourth-order valence-corrected chi connectivity index (χ4v) is 4.82. The third-order valence-electron chi connectivity index (χ3n) is 5.26. The van der Waals surface area contributed by atoms with E-state index in [4.69, 9.17) is 21.6 Å². The first kappa shape index (κ1) is 19.4. The predicted molar refractivity (Wildman–Crippen MR) is 120 cm³/mol. The first-order valence-corrected chi connectivity index (χ1v) is 11.0. The molecule has 1 fully saturated rings. The number of thiophene rings is 1. The highest BCUT2D eigenvalue weighted by Gasteiger charge is 2.22. The monoisotopic (exact) mass is 415 g/mol. The summed E-state index contributed by atoms with van der Waals surface area (Å²) in [5.74, 6) is 1.69. The molecule has 0 amide bonds. The molecule has 0 saturated heterocycles. The number of aromatic nitrogens is 2. The lowest BCUT2D eigenvalue weighted by molar-refractivity contribution is 0.353. The Kier molecular flexibility index (Phi) is 5.99. The van der Waals surface area contributed by atoms with Gasteiger partial charge in [-0.25, -0.2) is 4.98 Å². The second kappa shape index (κ2) is 8.64. The van der Waals surface area contributed by atoms with Crippen LogP contribution in [0, 0.1) is 0 Å². The summed E-state index contributed by atoms with van der Waals surface area (Å²) in [5.41, 5.74) is 0.980. The number of rotatable bonds is 6. The van der Waals surface area contributed by atoms with Crippen molar-refractivity contribution in [2.24, 2.45) is 0 Å². The highest BCUT2D eigenvalue weighted by molar-refractivity contribution is 7.16. The molecule has 1 saturated carbocycles. The van der Waals surface area contributed by atoms with Crippen molar-refractivity contribution in [2.75, 3.05) is 24.3 Å². The van der Waals surface area contributed by atoms with Gasteiger partial charge in [-0.05, 0) is 49.9 Å². The second-order valence-electron chi connectivity index (χ2n) is 7.56. The van der Waals surface area contributed by atoms with E-state index in [0.29, 0.717) is 12.1 Å². The number of nitrogens with zero attached hydrogens (tertiary/aromatic N) is 3. The summed E-state index contributed by atoms with van der Waals surface area (Å²) in [4.78, 5) is 12.8. The van der Waals surface area contributed by atoms with Crippen LogP contribution in [-0.4, -0.2) is 36.1 Å². The fourth-order valence-electron chi connectivity index (χ4n) is 3.78. The third-order valence-corrected chi connectivity index (χ3v) is 6.49. The van der Waals surface area contributed by atoms with Crippen LogP contribution in [0.15, 0.2) is 36.4 Å². The number of benzene rings is 1. The van der Waals surface area contributed by atoms with Crippen molar-refractivity contribution in [1.29, 1.82) is 0 Å². The summed E-state index contributed by atoms with van der Waals surface area (Å²) in [7, 11) is 4.05. The Bertz CT molecular complexity index is 933. The lowest BCUT2D eigenvalue weighted by atomic mass is 9.91. The van der Waals surface area contributed by atoms with Gasteiger partial charge in [0.15, 0.2) is 0 Å². The van der Waals surface area contributed by atoms with Gasteiger partial charge in [-0.1, -0.05) is 23.7 Å². The van der Waals surface area contributed by atoms with E-state index in [1.54, 1.807) is 11.3 Å². The van der Waals surface area contributed by atoms with Crippen LogP contribution in [0.1, 0.15) is 30.6 Å². The molecular weight excluding hydrogens is 390 g/mol. The zero-order valence-electron chi connectivity index (χ0n) is 16.3. The summed E-state index contributed by atoms with van der Waals surface area (Å²) in [6.07, 6.45) is 4.56. The molecule has 5 nitrogen and oxygen atoms in total. The molecule has 1 aliphatic carbocycles. The van der Waals surface area contributed by atoms with Gasteiger partial charge in [0.05, 0.1) is 9.85 Å². The number of halogens is 1. The van der Waals surface area contributed by atoms with Crippen LogP contribution in [-0.2, 0) is 6.54 Å². The minimum atomic E-state index is 0.422. The standard InChI is InChI=1S/C21H26ClN5S/c1-27(2)20-17-5-3-4-6-18(17)25-21(26-20)24-15-9-7-14(8-10-15)23-13-16-11-12-19(22)28-16/h3-6,11-12,14-15,23H,7-10,13H2,1-2H3,(H,24,25,26). The summed E-state index contributed by atoms with van der Waals surface area (Å²) >= 11 is 7.67. The molecule has 0 unspecified atom stereocenters. The van der Waals surface area contributed by atoms with E-state index in [-0.39, 0.29) is 0 Å². The number of hydrogen-bond acceptors (Lipinski definition) is 6. The first-order chi connectivity index (χ1) is 13.6. The van der Waals surface area contributed by atoms with E-state index >= 15 is 0 Å². The Morgan fingerprint density at radius 2 is 1.79 bits per heavy atom. The zero-order chi connectivity index (χ0) is 19.5. The van der Waals surface area contributed by atoms with Crippen LogP contribution in [0.2, 0.25) is 4.34 Å². The Balaban J connectivity index is 1.35. The molecule has 28 heavy (non-hydrogen) atoms. The molecule has 3 aromatic rings. The Labute approximate surface area is 175 Å². The van der Waals surface area contributed by atoms with Gasteiger partial charge in [-0.2, -0.15) is 4.98 Å². The summed E-state index contributed by atoms with van der Waals surface area (Å²) in [5, 5.41) is 8.33. The molecule has 1 aromatic carbocycles. The topological polar surface area (TPSA) is 53.1 Å². The molecule has 0 bridgehead atoms. The minimum absolute atomic E-state index is 0.422. The summed E-state index contributed by atoms with van der Waals surface area (Å²) in [6, 6.07) is 13.2. The van der Waals surface area contributed by atoms with Crippen molar-refractivity contribution < 1.29 is 0 Å². The lowest BCUT2D eigenvalue weighted by Crippen LogP contribution is -2.36. The van der Waals surface area contributed by atoms with Crippen LogP contribution in [0.4, 0.5) is 11.8 Å². The maximum atomic E-state index is 6.01. The van der Waals surface area contributed by atoms with Crippen molar-refractivity contribution in [3.8, 4) is 0 Å². The SMILES string of the molecule is CN(C)c1nc(NC2CCC(NCc3ccc(Cl)s3)CC2)nc2ccccc12. The van der Waals surface area contributed by atoms with Crippen LogP contribution in [0.3, 0.4) is 0 Å². The highest BCUT2D eigenvalue weighted by Crippen LogP contribution is 2.27. The Hall–Kier alpha value is -1.89. The zero-order valence-corrected chi connectivity index (χ0v) is 17.9. The number of hydrogen-bond donors (Lipinski definition) is 2. The molecule has 7 heteroatoms. The molecule has 0 aliphatic heterocycles. The van der Waals surface area contributed by atoms with Crippen molar-refractivity contribution in [3.05, 3.63) is 45.6 Å². The van der Waals surface area contributed by atoms with Crippen LogP contribution < -0.4 is 15.5 Å². The van der Waals surface area contributed by atoms with Crippen molar-refractivity contribution in [3.63, 3.8) is 0 Å². The summed E-state index contributed by atoms with van der Waals surface area (Å²) < 4.78 is 0.859. The van der Waals surface area contributed by atoms with Gasteiger partial charge in [-0.15, -0.1) is 11.3 Å². The van der Waals surface area contributed by atoms with E-state index in [1.807, 2.05) is 43.3 Å². The molecule has 148 valence electrons. The lowest BCUT2D eigenvalue weighted by Gasteiger charge is -2.30. The van der Waals surface area contributed by atoms with E-state index in [9.17, 15) is 0 Å². The molecule has 2 aromatic heterocycles. The van der Waals surface area contributed by atoms with Crippen molar-refractivity contribution >= 4 is 45.6 Å². The second-order valence-corrected chi connectivity index (χ2v) is 9.36. The smallest absolute Gasteiger partial charge is 0.225 e. The first-order valence-electron chi connectivity index (χ1n) is 9.77. The Morgan fingerprint density at radius 3 is 2.50 bits per heavy atom. The van der Waals surface area contributed by atoms with Gasteiger partial charge in [-0.3, -0.25) is 0 Å². The van der Waals surface area contributed by atoms with E-state index in [1.165, 1.54) is 4.88 Å². The molecule has 2 heterocycles. The van der Waals surface area contributed by atoms with Crippen LogP contribution in [0.5, 0.6) is 0 Å². The third kappa shape index (κ3) is 4.57. The summed E-state index contributed by atoms with van der Waals surface area (Å²) in [6.45, 7) is 0.903. The van der Waals surface area contributed by atoms with Gasteiger partial charge < -0.3 is 15.5 Å². The van der Waals surface area contributed by atoms with Crippen molar-refractivity contribution in [1.82, 2.24) is 15.3 Å². The maximum Gasteiger partial charge on any atom is 0.225 e. The van der Waals surface area contributed by atoms with Crippen molar-refractivity contribution in [2.45, 2.75) is 44.3 Å². The molecule has 0 spiro atoms. The van der Waals surface area contributed by atoms with Gasteiger partial charge in [0.1, 0.15) is 5.82 Å². The van der Waals surface area contributed by atoms with Gasteiger partial charge >= 0.3 is 0 Å². The quantitative estimate of drug-likeness (QED) is 0.598. The average Bonchev–Trinajstić information content (AvgIpc) is 3.12. The molecule has 2 N–H and O–H groups in total. The van der Waals surface area contributed by atoms with Gasteiger partial charge in [0.25, 0.3) is 0 Å². The van der Waals surface area contributed by atoms with E-state index < -0.39 is 0 Å². The van der Waals surface area contributed by atoms with E-state index in [0.717, 1.165) is 59.2 Å². The number of fused-ring (bicyclic) bond motifs is 1. The number of nitrogens with one attached hydrogen (secondary N) is 2. The predicted octanol–water partition coefficient (Wildman–Crippen LogP) is 4.92. The van der Waals surface area contributed by atoms with Gasteiger partial charge in [0.2, 0.25) is 5.95 Å². The fraction of sp³-hybridized carbons (Fsp3) is 0.429. The Morgan fingerprint density at radius 1 is 1.04 bits per heavy atom. The normalized spacial score (nSPS) is 19.7. The number of anilines is 2. The average molecular weight is 416 g/mol. The largest absolute Gasteiger partial charge is 0.362 e.